The molecule has 1 heterocycles. The Labute approximate surface area is 130 Å². The number of hydrogen-bond donors (Lipinski definition) is 2. The molecule has 0 atom stereocenters. The Morgan fingerprint density at radius 3 is 2.30 bits per heavy atom. The van der Waals surface area contributed by atoms with Crippen LogP contribution < -0.4 is 5.73 Å². The second-order valence-electron chi connectivity index (χ2n) is 4.73. The number of nitro benzene ring substituents is 1. The average Bonchev–Trinajstić information content (AvgIpc) is 3.05. The maximum Gasteiger partial charge on any atom is 0.271 e. The molecule has 1 amide bonds. The molecule has 8 nitrogen and oxygen atoms in total. The Hall–Kier alpha value is -3.55. The second-order valence-corrected chi connectivity index (χ2v) is 4.73. The van der Waals surface area contributed by atoms with Gasteiger partial charge in [0.05, 0.1) is 4.92 Å². The number of nitrogens with two attached hydrogens (primary N) is 1. The zero-order valence-electron chi connectivity index (χ0n) is 11.8. The van der Waals surface area contributed by atoms with Gasteiger partial charge in [0, 0.05) is 17.7 Å². The van der Waals surface area contributed by atoms with Crippen molar-refractivity contribution in [3.8, 4) is 22.4 Å². The summed E-state index contributed by atoms with van der Waals surface area (Å²) < 4.78 is 0. The van der Waals surface area contributed by atoms with E-state index in [2.05, 4.69) is 15.4 Å². The van der Waals surface area contributed by atoms with E-state index in [1.54, 1.807) is 24.3 Å². The average molecular weight is 309 g/mol. The minimum Gasteiger partial charge on any atom is -0.364 e. The van der Waals surface area contributed by atoms with E-state index in [9.17, 15) is 14.9 Å². The number of hydrogen-bond acceptors (Lipinski definition) is 5. The molecule has 0 aliphatic rings. The van der Waals surface area contributed by atoms with Crippen LogP contribution in [0.15, 0.2) is 48.5 Å². The maximum absolute atomic E-state index is 11.4. The van der Waals surface area contributed by atoms with Crippen molar-refractivity contribution in [2.45, 2.75) is 0 Å². The first kappa shape index (κ1) is 14.4. The van der Waals surface area contributed by atoms with Gasteiger partial charge in [0.1, 0.15) is 5.69 Å². The van der Waals surface area contributed by atoms with Crippen LogP contribution in [0.2, 0.25) is 0 Å². The van der Waals surface area contributed by atoms with E-state index in [1.807, 2.05) is 12.1 Å². The molecule has 3 aromatic rings. The number of aromatic nitrogens is 3. The summed E-state index contributed by atoms with van der Waals surface area (Å²) in [6.07, 6.45) is 0. The highest BCUT2D eigenvalue weighted by Crippen LogP contribution is 2.32. The Balaban J connectivity index is 2.13. The first-order valence-corrected chi connectivity index (χ1v) is 6.62. The van der Waals surface area contributed by atoms with Crippen LogP contribution in [0.3, 0.4) is 0 Å². The molecule has 0 unspecified atom stereocenters. The van der Waals surface area contributed by atoms with Gasteiger partial charge < -0.3 is 5.73 Å². The van der Waals surface area contributed by atoms with Crippen molar-refractivity contribution < 1.29 is 9.72 Å². The van der Waals surface area contributed by atoms with E-state index >= 15 is 0 Å². The molecule has 8 heteroatoms. The molecule has 0 aliphatic carbocycles. The van der Waals surface area contributed by atoms with Crippen molar-refractivity contribution in [2.75, 3.05) is 0 Å². The number of aromatic amines is 1. The lowest BCUT2D eigenvalue weighted by Crippen LogP contribution is -2.12. The Kier molecular flexibility index (Phi) is 3.55. The van der Waals surface area contributed by atoms with E-state index < -0.39 is 10.8 Å². The van der Waals surface area contributed by atoms with E-state index in [-0.39, 0.29) is 11.4 Å². The highest BCUT2D eigenvalue weighted by Gasteiger charge is 2.18. The van der Waals surface area contributed by atoms with E-state index in [1.165, 1.54) is 12.1 Å². The largest absolute Gasteiger partial charge is 0.364 e. The van der Waals surface area contributed by atoms with Crippen LogP contribution in [-0.4, -0.2) is 26.2 Å². The van der Waals surface area contributed by atoms with Gasteiger partial charge in [0.15, 0.2) is 5.69 Å². The van der Waals surface area contributed by atoms with Crippen molar-refractivity contribution in [2.24, 2.45) is 5.73 Å². The van der Waals surface area contributed by atoms with E-state index in [4.69, 9.17) is 5.73 Å². The molecule has 0 saturated heterocycles. The number of rotatable bonds is 4. The van der Waals surface area contributed by atoms with Crippen LogP contribution in [0, 0.1) is 10.1 Å². The van der Waals surface area contributed by atoms with Gasteiger partial charge in [-0.05, 0) is 23.3 Å². The van der Waals surface area contributed by atoms with Crippen LogP contribution in [0.5, 0.6) is 0 Å². The number of carbonyl (C=O) groups is 1. The number of carbonyl (C=O) groups excluding carboxylic acids is 1. The summed E-state index contributed by atoms with van der Waals surface area (Å²) in [6, 6.07) is 13.3. The number of nitrogens with one attached hydrogen (secondary N) is 1. The van der Waals surface area contributed by atoms with Gasteiger partial charge >= 0.3 is 0 Å². The van der Waals surface area contributed by atoms with Crippen molar-refractivity contribution >= 4 is 11.6 Å². The Bertz CT molecular complexity index is 886. The number of nitrogens with zero attached hydrogens (tertiary/aromatic N) is 3. The zero-order valence-corrected chi connectivity index (χ0v) is 11.8. The molecule has 0 saturated carbocycles. The number of H-pyrrole nitrogens is 1. The fourth-order valence-electron chi connectivity index (χ4n) is 2.29. The zero-order chi connectivity index (χ0) is 16.4. The van der Waals surface area contributed by atoms with Gasteiger partial charge in [-0.25, -0.2) is 0 Å². The summed E-state index contributed by atoms with van der Waals surface area (Å²) in [7, 11) is 0. The smallest absolute Gasteiger partial charge is 0.271 e. The molecule has 0 radical (unpaired) electrons. The lowest BCUT2D eigenvalue weighted by Gasteiger charge is -2.08. The van der Waals surface area contributed by atoms with Gasteiger partial charge in [-0.1, -0.05) is 24.3 Å². The molecule has 1 aromatic heterocycles. The summed E-state index contributed by atoms with van der Waals surface area (Å²) >= 11 is 0. The molecule has 3 N–H and O–H groups in total. The summed E-state index contributed by atoms with van der Waals surface area (Å²) in [6.45, 7) is 0. The normalized spacial score (nSPS) is 10.4. The molecule has 114 valence electrons. The van der Waals surface area contributed by atoms with E-state index in [0.717, 1.165) is 11.1 Å². The van der Waals surface area contributed by atoms with Gasteiger partial charge in [0.2, 0.25) is 0 Å². The quantitative estimate of drug-likeness (QED) is 0.563. The third kappa shape index (κ3) is 2.64. The summed E-state index contributed by atoms with van der Waals surface area (Å²) in [5.74, 6) is -0.688. The molecule has 2 aromatic carbocycles. The second kappa shape index (κ2) is 5.68. The highest BCUT2D eigenvalue weighted by atomic mass is 16.6. The fourth-order valence-corrected chi connectivity index (χ4v) is 2.29. The third-order valence-corrected chi connectivity index (χ3v) is 3.35. The van der Waals surface area contributed by atoms with Crippen LogP contribution in [0.25, 0.3) is 22.4 Å². The van der Waals surface area contributed by atoms with Gasteiger partial charge in [-0.3, -0.25) is 14.9 Å². The van der Waals surface area contributed by atoms with Crippen molar-refractivity contribution in [3.63, 3.8) is 0 Å². The topological polar surface area (TPSA) is 128 Å². The van der Waals surface area contributed by atoms with Crippen molar-refractivity contribution in [1.29, 1.82) is 0 Å². The summed E-state index contributed by atoms with van der Waals surface area (Å²) in [5.41, 5.74) is 7.86. The predicted octanol–water partition coefficient (Wildman–Crippen LogP) is 2.15. The molecule has 0 aliphatic heterocycles. The number of primary amides is 1. The molecular weight excluding hydrogens is 298 g/mol. The molecule has 0 fully saturated rings. The summed E-state index contributed by atoms with van der Waals surface area (Å²) in [5, 5.41) is 20.9. The van der Waals surface area contributed by atoms with Gasteiger partial charge in [0.25, 0.3) is 11.6 Å². The molecular formula is C15H11N5O3. The van der Waals surface area contributed by atoms with E-state index in [0.29, 0.717) is 11.3 Å². The maximum atomic E-state index is 11.4. The molecule has 0 bridgehead atoms. The van der Waals surface area contributed by atoms with Crippen LogP contribution in [0.1, 0.15) is 10.5 Å². The standard InChI is InChI=1S/C15H11N5O3/c16-15(21)14-13(17-19-18-14)12-4-2-1-3-11(12)9-5-7-10(8-6-9)20(22)23/h1-8H,(H2,16,21)(H,17,18,19). The minimum absolute atomic E-state index is 0.00509. The van der Waals surface area contributed by atoms with Crippen molar-refractivity contribution in [1.82, 2.24) is 15.4 Å². The third-order valence-electron chi connectivity index (χ3n) is 3.35. The highest BCUT2D eigenvalue weighted by molar-refractivity contribution is 5.98. The van der Waals surface area contributed by atoms with Crippen LogP contribution in [-0.2, 0) is 0 Å². The Morgan fingerprint density at radius 1 is 1.04 bits per heavy atom. The predicted molar refractivity (Wildman–Crippen MR) is 82.4 cm³/mol. The number of benzene rings is 2. The SMILES string of the molecule is NC(=O)c1n[nH]nc1-c1ccccc1-c1ccc([N+](=O)[O-])cc1. The van der Waals surface area contributed by atoms with Gasteiger partial charge in [-0.2, -0.15) is 15.4 Å². The first-order valence-electron chi connectivity index (χ1n) is 6.62. The summed E-state index contributed by atoms with van der Waals surface area (Å²) in [4.78, 5) is 21.7. The van der Waals surface area contributed by atoms with Crippen molar-refractivity contribution in [3.05, 3.63) is 64.3 Å². The monoisotopic (exact) mass is 309 g/mol. The first-order chi connectivity index (χ1) is 11.1. The fraction of sp³-hybridized carbons (Fsp3) is 0. The lowest BCUT2D eigenvalue weighted by atomic mass is 9.96. The van der Waals surface area contributed by atoms with Gasteiger partial charge in [-0.15, -0.1) is 0 Å². The molecule has 3 rings (SSSR count). The lowest BCUT2D eigenvalue weighted by molar-refractivity contribution is -0.384. The Morgan fingerprint density at radius 2 is 1.70 bits per heavy atom. The number of non-ortho nitro benzene ring substituents is 1. The minimum atomic E-state index is -0.688. The van der Waals surface area contributed by atoms with Crippen LogP contribution >= 0.6 is 0 Å². The van der Waals surface area contributed by atoms with Crippen LogP contribution in [0.4, 0.5) is 5.69 Å². The number of amides is 1. The number of nitro groups is 1. The molecule has 23 heavy (non-hydrogen) atoms. The molecule has 0 spiro atoms.